The van der Waals surface area contributed by atoms with Crippen molar-refractivity contribution < 1.29 is 8.42 Å². The minimum absolute atomic E-state index is 0.0120. The Bertz CT molecular complexity index is 483. The fourth-order valence-corrected chi connectivity index (χ4v) is 3.07. The Morgan fingerprint density at radius 1 is 1.47 bits per heavy atom. The van der Waals surface area contributed by atoms with Gasteiger partial charge in [0.05, 0.1) is 5.69 Å². The molecule has 1 atom stereocenters. The fraction of sp³-hybridized carbons (Fsp3) is 0.600. The summed E-state index contributed by atoms with van der Waals surface area (Å²) in [5.74, 6) is 0. The molecule has 2 rings (SSSR count). The second kappa shape index (κ2) is 5.07. The van der Waals surface area contributed by atoms with Gasteiger partial charge >= 0.3 is 0 Å². The van der Waals surface area contributed by atoms with Crippen LogP contribution < -0.4 is 10.0 Å². The Morgan fingerprint density at radius 3 is 2.88 bits per heavy atom. The lowest BCUT2D eigenvalue weighted by molar-refractivity contribution is 0.548. The Kier molecular flexibility index (Phi) is 3.70. The topological polar surface area (TPSA) is 84.0 Å². The van der Waals surface area contributed by atoms with E-state index in [9.17, 15) is 8.42 Å². The predicted molar refractivity (Wildman–Crippen MR) is 63.0 cm³/mol. The van der Waals surface area contributed by atoms with Gasteiger partial charge in [0, 0.05) is 25.0 Å². The number of nitrogens with one attached hydrogen (secondary N) is 2. The van der Waals surface area contributed by atoms with Gasteiger partial charge in [0.1, 0.15) is 0 Å². The molecule has 1 aliphatic heterocycles. The number of hydrogen-bond donors (Lipinski definition) is 2. The third-order valence-corrected chi connectivity index (χ3v) is 4.23. The van der Waals surface area contributed by atoms with E-state index in [2.05, 4.69) is 20.0 Å². The van der Waals surface area contributed by atoms with E-state index in [0.717, 1.165) is 19.4 Å². The van der Waals surface area contributed by atoms with Crippen molar-refractivity contribution in [3.63, 3.8) is 0 Å². The van der Waals surface area contributed by atoms with E-state index < -0.39 is 10.0 Å². The van der Waals surface area contributed by atoms with Crippen LogP contribution in [0.3, 0.4) is 0 Å². The Morgan fingerprint density at radius 2 is 2.24 bits per heavy atom. The quantitative estimate of drug-likeness (QED) is 0.780. The summed E-state index contributed by atoms with van der Waals surface area (Å²) < 4.78 is 26.5. The summed E-state index contributed by atoms with van der Waals surface area (Å²) in [6.07, 6.45) is 4.96. The van der Waals surface area contributed by atoms with Crippen molar-refractivity contribution in [2.45, 2.75) is 30.8 Å². The molecule has 6 nitrogen and oxygen atoms in total. The van der Waals surface area contributed by atoms with Crippen LogP contribution in [0.25, 0.3) is 0 Å². The molecule has 1 aromatic rings. The van der Waals surface area contributed by atoms with Crippen LogP contribution in [0.5, 0.6) is 0 Å². The maximum absolute atomic E-state index is 12.0. The first kappa shape index (κ1) is 12.4. The summed E-state index contributed by atoms with van der Waals surface area (Å²) in [4.78, 5) is 7.79. The summed E-state index contributed by atoms with van der Waals surface area (Å²) in [6.45, 7) is 2.99. The van der Waals surface area contributed by atoms with Gasteiger partial charge in [0.2, 0.25) is 0 Å². The molecular formula is C10H16N4O2S. The molecule has 1 fully saturated rings. The van der Waals surface area contributed by atoms with Gasteiger partial charge in [0.25, 0.3) is 10.0 Å². The lowest BCUT2D eigenvalue weighted by Crippen LogP contribution is -2.37. The van der Waals surface area contributed by atoms with Crippen LogP contribution in [0.4, 0.5) is 0 Å². The van der Waals surface area contributed by atoms with Crippen LogP contribution in [0.2, 0.25) is 0 Å². The van der Waals surface area contributed by atoms with Crippen molar-refractivity contribution in [2.24, 2.45) is 0 Å². The van der Waals surface area contributed by atoms with Gasteiger partial charge in [-0.15, -0.1) is 0 Å². The van der Waals surface area contributed by atoms with Crippen molar-refractivity contribution in [2.75, 3.05) is 13.1 Å². The summed E-state index contributed by atoms with van der Waals surface area (Å²) in [5.41, 5.74) is 0.416. The monoisotopic (exact) mass is 256 g/mol. The van der Waals surface area contributed by atoms with Gasteiger partial charge in [-0.3, -0.25) is 4.98 Å². The number of nitrogens with zero attached hydrogens (tertiary/aromatic N) is 2. The van der Waals surface area contributed by atoms with Gasteiger partial charge < -0.3 is 5.32 Å². The zero-order chi connectivity index (χ0) is 12.3. The first-order chi connectivity index (χ1) is 8.09. The van der Waals surface area contributed by atoms with Crippen molar-refractivity contribution >= 4 is 10.0 Å². The van der Waals surface area contributed by atoms with Gasteiger partial charge in [-0.2, -0.15) is 0 Å². The molecule has 0 radical (unpaired) electrons. The van der Waals surface area contributed by atoms with Crippen molar-refractivity contribution in [3.05, 3.63) is 18.1 Å². The van der Waals surface area contributed by atoms with Crippen LogP contribution in [0, 0.1) is 6.92 Å². The van der Waals surface area contributed by atoms with E-state index in [4.69, 9.17) is 0 Å². The van der Waals surface area contributed by atoms with Crippen LogP contribution >= 0.6 is 0 Å². The lowest BCUT2D eigenvalue weighted by atomic mass is 10.2. The molecule has 1 saturated heterocycles. The lowest BCUT2D eigenvalue weighted by Gasteiger charge is -2.12. The van der Waals surface area contributed by atoms with E-state index >= 15 is 0 Å². The highest BCUT2D eigenvalue weighted by Gasteiger charge is 2.21. The van der Waals surface area contributed by atoms with Gasteiger partial charge in [-0.1, -0.05) is 0 Å². The molecule has 1 aliphatic rings. The maximum atomic E-state index is 12.0. The minimum atomic E-state index is -3.54. The predicted octanol–water partition coefficient (Wildman–Crippen LogP) is -0.185. The number of aromatic nitrogens is 2. The highest BCUT2D eigenvalue weighted by atomic mass is 32.2. The van der Waals surface area contributed by atoms with Crippen LogP contribution in [-0.4, -0.2) is 37.5 Å². The first-order valence-corrected chi connectivity index (χ1v) is 7.08. The number of sulfonamides is 1. The van der Waals surface area contributed by atoms with E-state index in [0.29, 0.717) is 12.2 Å². The second-order valence-electron chi connectivity index (χ2n) is 4.09. The summed E-state index contributed by atoms with van der Waals surface area (Å²) in [6, 6.07) is 0.224. The molecule has 17 heavy (non-hydrogen) atoms. The van der Waals surface area contributed by atoms with Crippen LogP contribution in [-0.2, 0) is 10.0 Å². The molecule has 0 saturated carbocycles. The standard InChI is InChI=1S/C10H16N4O2S/c1-8-10(13-6-5-11-8)17(15,16)14-7-9-3-2-4-12-9/h5-6,9,12,14H,2-4,7H2,1H3/t9-/m1/s1. The number of hydrogen-bond acceptors (Lipinski definition) is 5. The summed E-state index contributed by atoms with van der Waals surface area (Å²) >= 11 is 0. The Hall–Kier alpha value is -1.05. The zero-order valence-corrected chi connectivity index (χ0v) is 10.5. The molecule has 2 N–H and O–H groups in total. The molecule has 0 spiro atoms. The van der Waals surface area contributed by atoms with E-state index in [1.54, 1.807) is 6.92 Å². The van der Waals surface area contributed by atoms with Crippen molar-refractivity contribution in [1.82, 2.24) is 20.0 Å². The molecule has 0 bridgehead atoms. The molecule has 94 valence electrons. The number of rotatable bonds is 4. The Balaban J connectivity index is 2.06. The number of aryl methyl sites for hydroxylation is 1. The summed E-state index contributed by atoms with van der Waals surface area (Å²) in [5, 5.41) is 3.24. The van der Waals surface area contributed by atoms with E-state index in [1.807, 2.05) is 0 Å². The smallest absolute Gasteiger partial charge is 0.259 e. The van der Waals surface area contributed by atoms with Gasteiger partial charge in [-0.25, -0.2) is 18.1 Å². The molecular weight excluding hydrogens is 240 g/mol. The first-order valence-electron chi connectivity index (χ1n) is 5.60. The zero-order valence-electron chi connectivity index (χ0n) is 9.68. The summed E-state index contributed by atoms with van der Waals surface area (Å²) in [7, 11) is -3.54. The minimum Gasteiger partial charge on any atom is -0.313 e. The van der Waals surface area contributed by atoms with Crippen LogP contribution in [0.1, 0.15) is 18.5 Å². The highest BCUT2D eigenvalue weighted by Crippen LogP contribution is 2.09. The van der Waals surface area contributed by atoms with Gasteiger partial charge in [-0.05, 0) is 26.3 Å². The normalized spacial score (nSPS) is 20.6. The third-order valence-electron chi connectivity index (χ3n) is 2.77. The largest absolute Gasteiger partial charge is 0.313 e. The Labute approximate surface area is 101 Å². The van der Waals surface area contributed by atoms with Crippen LogP contribution in [0.15, 0.2) is 17.4 Å². The van der Waals surface area contributed by atoms with Gasteiger partial charge in [0.15, 0.2) is 5.03 Å². The molecule has 0 unspecified atom stereocenters. The second-order valence-corrected chi connectivity index (χ2v) is 5.77. The van der Waals surface area contributed by atoms with E-state index in [1.165, 1.54) is 12.4 Å². The molecule has 0 aromatic carbocycles. The van der Waals surface area contributed by atoms with Crippen molar-refractivity contribution in [1.29, 1.82) is 0 Å². The van der Waals surface area contributed by atoms with Crippen molar-refractivity contribution in [3.8, 4) is 0 Å². The third kappa shape index (κ3) is 2.99. The molecule has 0 amide bonds. The van der Waals surface area contributed by atoms with E-state index in [-0.39, 0.29) is 11.1 Å². The average molecular weight is 256 g/mol. The molecule has 0 aliphatic carbocycles. The maximum Gasteiger partial charge on any atom is 0.259 e. The molecule has 2 heterocycles. The molecule has 7 heteroatoms. The SMILES string of the molecule is Cc1nccnc1S(=O)(=O)NC[C@H]1CCCN1. The highest BCUT2D eigenvalue weighted by molar-refractivity contribution is 7.89. The average Bonchev–Trinajstić information content (AvgIpc) is 2.80. The fourth-order valence-electron chi connectivity index (χ4n) is 1.87. The molecule has 1 aromatic heterocycles.